The van der Waals surface area contributed by atoms with Crippen LogP contribution in [0.2, 0.25) is 0 Å². The topological polar surface area (TPSA) is 38.0 Å². The number of fused-ring (bicyclic) bond motifs is 1. The van der Waals surface area contributed by atoms with Gasteiger partial charge in [-0.05, 0) is 18.1 Å². The Bertz CT molecular complexity index is 272. The van der Waals surface area contributed by atoms with Gasteiger partial charge in [0.25, 0.3) is 0 Å². The van der Waals surface area contributed by atoms with Gasteiger partial charge >= 0.3 is 0 Å². The first-order chi connectivity index (χ1) is 6.20. The summed E-state index contributed by atoms with van der Waals surface area (Å²) in [5.74, 6) is 0. The molecule has 2 rings (SSSR count). The van der Waals surface area contributed by atoms with Crippen LogP contribution in [0, 0.1) is 0 Å². The molecule has 1 heterocycles. The van der Waals surface area contributed by atoms with Gasteiger partial charge in [-0.15, -0.1) is 12.6 Å². The summed E-state index contributed by atoms with van der Waals surface area (Å²) < 4.78 is 0.194. The summed E-state index contributed by atoms with van der Waals surface area (Å²) in [6.07, 6.45) is 1.19. The number of nitrogens with two attached hydrogens (primary N) is 1. The number of anilines is 1. The number of nitrogens with one attached hydrogen (secondary N) is 1. The third kappa shape index (κ3) is 3.65. The van der Waals surface area contributed by atoms with Gasteiger partial charge in [-0.1, -0.05) is 30.4 Å². The van der Waals surface area contributed by atoms with E-state index in [4.69, 9.17) is 5.73 Å². The standard InChI is InChI=1S/C8H9N.CH3NS2/c1-2-4-8-7(3-1)5-6-9-8;2-1(3)4/h1-4,9H,5-6H2;(H3,2,3,4). The van der Waals surface area contributed by atoms with Gasteiger partial charge in [0.15, 0.2) is 0 Å². The summed E-state index contributed by atoms with van der Waals surface area (Å²) in [5.41, 5.74) is 7.48. The Morgan fingerprint density at radius 2 is 2.08 bits per heavy atom. The van der Waals surface area contributed by atoms with Gasteiger partial charge in [-0.25, -0.2) is 0 Å². The summed E-state index contributed by atoms with van der Waals surface area (Å²) >= 11 is 7.65. The van der Waals surface area contributed by atoms with E-state index in [0.29, 0.717) is 0 Å². The van der Waals surface area contributed by atoms with E-state index in [1.54, 1.807) is 0 Å². The highest BCUT2D eigenvalue weighted by Crippen LogP contribution is 2.19. The minimum atomic E-state index is 0.194. The van der Waals surface area contributed by atoms with Crippen molar-refractivity contribution < 1.29 is 0 Å². The maximum absolute atomic E-state index is 4.71. The van der Waals surface area contributed by atoms with Gasteiger partial charge in [-0.2, -0.15) is 0 Å². The van der Waals surface area contributed by atoms with Crippen LogP contribution >= 0.6 is 24.8 Å². The van der Waals surface area contributed by atoms with E-state index >= 15 is 0 Å². The summed E-state index contributed by atoms with van der Waals surface area (Å²) in [6, 6.07) is 8.46. The van der Waals surface area contributed by atoms with Crippen LogP contribution in [0.4, 0.5) is 5.69 Å². The minimum absolute atomic E-state index is 0.194. The molecule has 0 amide bonds. The van der Waals surface area contributed by atoms with Crippen LogP contribution in [0.25, 0.3) is 0 Å². The van der Waals surface area contributed by atoms with Crippen molar-refractivity contribution in [3.8, 4) is 0 Å². The largest absolute Gasteiger partial charge is 0.385 e. The highest BCUT2D eigenvalue weighted by Gasteiger charge is 2.05. The monoisotopic (exact) mass is 212 g/mol. The fraction of sp³-hybridized carbons (Fsp3) is 0.222. The second kappa shape index (κ2) is 5.09. The molecule has 70 valence electrons. The van der Waals surface area contributed by atoms with Crippen molar-refractivity contribution in [2.75, 3.05) is 11.9 Å². The molecule has 3 N–H and O–H groups in total. The Labute approximate surface area is 88.9 Å². The zero-order valence-electron chi connectivity index (χ0n) is 7.16. The van der Waals surface area contributed by atoms with E-state index in [1.807, 2.05) is 0 Å². The van der Waals surface area contributed by atoms with Crippen molar-refractivity contribution in [3.05, 3.63) is 29.8 Å². The van der Waals surface area contributed by atoms with Gasteiger partial charge in [0.05, 0.1) is 0 Å². The summed E-state index contributed by atoms with van der Waals surface area (Å²) in [4.78, 5) is 0. The minimum Gasteiger partial charge on any atom is -0.385 e. The molecule has 1 aromatic rings. The first-order valence-electron chi connectivity index (χ1n) is 4.00. The van der Waals surface area contributed by atoms with Crippen LogP contribution in [-0.4, -0.2) is 10.9 Å². The van der Waals surface area contributed by atoms with Crippen LogP contribution in [0.5, 0.6) is 0 Å². The molecule has 0 aromatic heterocycles. The molecule has 0 unspecified atom stereocenters. The first kappa shape index (κ1) is 10.3. The van der Waals surface area contributed by atoms with Crippen molar-refractivity contribution in [3.63, 3.8) is 0 Å². The molecule has 0 radical (unpaired) electrons. The second-order valence-corrected chi connectivity index (χ2v) is 3.90. The fourth-order valence-corrected chi connectivity index (χ4v) is 1.24. The van der Waals surface area contributed by atoms with E-state index in [9.17, 15) is 0 Å². The predicted octanol–water partition coefficient (Wildman–Crippen LogP) is 1.81. The summed E-state index contributed by atoms with van der Waals surface area (Å²) in [7, 11) is 0. The Morgan fingerprint density at radius 1 is 1.46 bits per heavy atom. The fourth-order valence-electron chi connectivity index (χ4n) is 1.24. The van der Waals surface area contributed by atoms with Crippen molar-refractivity contribution in [2.45, 2.75) is 6.42 Å². The molecule has 0 saturated carbocycles. The van der Waals surface area contributed by atoms with Crippen molar-refractivity contribution in [1.29, 1.82) is 0 Å². The van der Waals surface area contributed by atoms with Crippen LogP contribution in [0.3, 0.4) is 0 Å². The smallest absolute Gasteiger partial charge is 0.128 e. The molecular formula is C9H12N2S2. The highest BCUT2D eigenvalue weighted by molar-refractivity contribution is 8.10. The van der Waals surface area contributed by atoms with E-state index in [0.717, 1.165) is 6.54 Å². The van der Waals surface area contributed by atoms with Crippen LogP contribution in [-0.2, 0) is 6.42 Å². The third-order valence-electron chi connectivity index (χ3n) is 1.73. The van der Waals surface area contributed by atoms with Crippen molar-refractivity contribution in [2.24, 2.45) is 5.73 Å². The van der Waals surface area contributed by atoms with Crippen LogP contribution in [0.15, 0.2) is 24.3 Å². The lowest BCUT2D eigenvalue weighted by atomic mass is 10.2. The van der Waals surface area contributed by atoms with E-state index in [-0.39, 0.29) is 4.32 Å². The number of hydrogen-bond donors (Lipinski definition) is 3. The Morgan fingerprint density at radius 3 is 2.69 bits per heavy atom. The summed E-state index contributed by atoms with van der Waals surface area (Å²) in [5, 5.41) is 3.30. The number of thiocarbonyl (C=S) groups is 1. The molecule has 0 bridgehead atoms. The van der Waals surface area contributed by atoms with Gasteiger partial charge in [0.2, 0.25) is 0 Å². The number of benzene rings is 1. The molecule has 0 aliphatic carbocycles. The van der Waals surface area contributed by atoms with Crippen molar-refractivity contribution >= 4 is 34.9 Å². The van der Waals surface area contributed by atoms with Gasteiger partial charge in [-0.3, -0.25) is 0 Å². The molecule has 1 aliphatic heterocycles. The summed E-state index contributed by atoms with van der Waals surface area (Å²) in [6.45, 7) is 1.11. The Hall–Kier alpha value is -0.740. The van der Waals surface area contributed by atoms with Crippen LogP contribution < -0.4 is 11.1 Å². The molecule has 0 atom stereocenters. The molecule has 2 nitrogen and oxygen atoms in total. The van der Waals surface area contributed by atoms with E-state index < -0.39 is 0 Å². The van der Waals surface area contributed by atoms with E-state index in [1.165, 1.54) is 17.7 Å². The predicted molar refractivity (Wildman–Crippen MR) is 64.4 cm³/mol. The average molecular weight is 212 g/mol. The number of thiol groups is 1. The zero-order chi connectivity index (χ0) is 9.68. The third-order valence-corrected chi connectivity index (χ3v) is 1.73. The number of para-hydroxylation sites is 1. The molecule has 4 heteroatoms. The maximum Gasteiger partial charge on any atom is 0.128 e. The average Bonchev–Trinajstić information content (AvgIpc) is 2.49. The lowest BCUT2D eigenvalue weighted by molar-refractivity contribution is 1.11. The molecule has 0 fully saturated rings. The van der Waals surface area contributed by atoms with Crippen molar-refractivity contribution in [1.82, 2.24) is 0 Å². The highest BCUT2D eigenvalue weighted by atomic mass is 32.1. The zero-order valence-corrected chi connectivity index (χ0v) is 8.87. The molecular weight excluding hydrogens is 200 g/mol. The number of rotatable bonds is 0. The van der Waals surface area contributed by atoms with E-state index in [2.05, 4.69) is 54.4 Å². The lowest BCUT2D eigenvalue weighted by Gasteiger charge is -1.94. The maximum atomic E-state index is 4.71. The van der Waals surface area contributed by atoms with Gasteiger partial charge in [0.1, 0.15) is 4.32 Å². The SMILES string of the molecule is NC(=S)S.c1ccc2c(c1)CCN2. The molecule has 0 spiro atoms. The lowest BCUT2D eigenvalue weighted by Crippen LogP contribution is -1.94. The van der Waals surface area contributed by atoms with Gasteiger partial charge in [0, 0.05) is 12.2 Å². The van der Waals surface area contributed by atoms with Crippen LogP contribution in [0.1, 0.15) is 5.56 Å². The number of hydrogen-bond acceptors (Lipinski definition) is 2. The normalized spacial score (nSPS) is 12.1. The Kier molecular flexibility index (Phi) is 4.05. The molecule has 1 aliphatic rings. The first-order valence-corrected chi connectivity index (χ1v) is 4.86. The Balaban J connectivity index is 0.000000184. The second-order valence-electron chi connectivity index (χ2n) is 2.67. The molecule has 13 heavy (non-hydrogen) atoms. The quantitative estimate of drug-likeness (QED) is 0.453. The molecule has 0 saturated heterocycles. The molecule has 1 aromatic carbocycles. The van der Waals surface area contributed by atoms with Gasteiger partial charge < -0.3 is 11.1 Å².